The van der Waals surface area contributed by atoms with E-state index in [-0.39, 0.29) is 17.4 Å². The molecule has 0 aliphatic carbocycles. The second-order valence-corrected chi connectivity index (χ2v) is 10.2. The number of rotatable bonds is 6. The van der Waals surface area contributed by atoms with E-state index in [4.69, 9.17) is 9.47 Å². The van der Waals surface area contributed by atoms with Crippen LogP contribution in [0.5, 0.6) is 11.5 Å². The van der Waals surface area contributed by atoms with Crippen molar-refractivity contribution in [3.05, 3.63) is 112 Å². The lowest BCUT2D eigenvalue weighted by Crippen LogP contribution is -2.29. The fraction of sp³-hybridized carbons (Fsp3) is 0.167. The number of aliphatic hydroxyl groups is 1. The van der Waals surface area contributed by atoms with E-state index in [0.29, 0.717) is 35.0 Å². The number of ketones is 1. The number of thiazole rings is 1. The van der Waals surface area contributed by atoms with Gasteiger partial charge in [0.15, 0.2) is 5.13 Å². The van der Waals surface area contributed by atoms with E-state index >= 15 is 0 Å². The van der Waals surface area contributed by atoms with Gasteiger partial charge < -0.3 is 14.6 Å². The molecule has 1 saturated heterocycles. The minimum absolute atomic E-state index is 0.0114. The predicted molar refractivity (Wildman–Crippen MR) is 144 cm³/mol. The van der Waals surface area contributed by atoms with Gasteiger partial charge >= 0.3 is 5.91 Å². The maximum atomic E-state index is 13.4. The fourth-order valence-electron chi connectivity index (χ4n) is 4.92. The molecule has 8 heteroatoms. The summed E-state index contributed by atoms with van der Waals surface area (Å²) < 4.78 is 11.8. The Bertz CT molecular complexity index is 1550. The molecule has 0 bridgehead atoms. The predicted octanol–water partition coefficient (Wildman–Crippen LogP) is 5.67. The number of hydrogen-bond acceptors (Lipinski definition) is 7. The summed E-state index contributed by atoms with van der Waals surface area (Å²) >= 11 is 1.25. The molecule has 1 fully saturated rings. The number of aliphatic hydroxyl groups excluding tert-OH is 1. The Labute approximate surface area is 223 Å². The maximum absolute atomic E-state index is 13.4. The third-order valence-electron chi connectivity index (χ3n) is 6.66. The van der Waals surface area contributed by atoms with Gasteiger partial charge in [0, 0.05) is 23.6 Å². The minimum atomic E-state index is -0.871. The van der Waals surface area contributed by atoms with Crippen molar-refractivity contribution in [3.8, 4) is 11.5 Å². The van der Waals surface area contributed by atoms with Crippen molar-refractivity contribution in [2.45, 2.75) is 32.1 Å². The third-order valence-corrected chi connectivity index (χ3v) is 7.43. The van der Waals surface area contributed by atoms with Crippen molar-refractivity contribution < 1.29 is 24.2 Å². The molecule has 0 unspecified atom stereocenters. The summed E-state index contributed by atoms with van der Waals surface area (Å²) in [5.41, 5.74) is 3.06. The van der Waals surface area contributed by atoms with Gasteiger partial charge in [0.1, 0.15) is 30.0 Å². The van der Waals surface area contributed by atoms with Crippen LogP contribution in [0.25, 0.3) is 5.76 Å². The first kappa shape index (κ1) is 23.9. The summed E-state index contributed by atoms with van der Waals surface area (Å²) in [5.74, 6) is -0.383. The zero-order valence-electron chi connectivity index (χ0n) is 20.5. The van der Waals surface area contributed by atoms with Crippen molar-refractivity contribution in [2.75, 3.05) is 4.90 Å². The largest absolute Gasteiger partial charge is 0.507 e. The van der Waals surface area contributed by atoms with E-state index in [1.807, 2.05) is 61.5 Å². The molecule has 4 aromatic rings. The monoisotopic (exact) mass is 524 g/mol. The molecule has 2 aliphatic rings. The van der Waals surface area contributed by atoms with E-state index in [1.54, 1.807) is 29.8 Å². The SMILES string of the molecule is C[C@@H]1Cc2cc(/C(O)=C3\C(=O)C(=O)N(c4nccs4)[C@H]3c3cccc(OCc4ccccc4)c3)ccc2O1. The third kappa shape index (κ3) is 4.33. The van der Waals surface area contributed by atoms with Crippen molar-refractivity contribution in [1.29, 1.82) is 0 Å². The van der Waals surface area contributed by atoms with Crippen molar-refractivity contribution in [1.82, 2.24) is 4.98 Å². The van der Waals surface area contributed by atoms with Gasteiger partial charge in [0.25, 0.3) is 5.78 Å². The second-order valence-electron chi connectivity index (χ2n) is 9.29. The van der Waals surface area contributed by atoms with E-state index in [9.17, 15) is 14.7 Å². The van der Waals surface area contributed by atoms with E-state index < -0.39 is 17.7 Å². The Morgan fingerprint density at radius 1 is 1.11 bits per heavy atom. The number of benzene rings is 3. The fourth-order valence-corrected chi connectivity index (χ4v) is 5.59. The summed E-state index contributed by atoms with van der Waals surface area (Å²) in [6.07, 6.45) is 2.32. The Morgan fingerprint density at radius 3 is 2.74 bits per heavy atom. The van der Waals surface area contributed by atoms with Crippen molar-refractivity contribution in [2.24, 2.45) is 0 Å². The zero-order chi connectivity index (χ0) is 26.2. The van der Waals surface area contributed by atoms with Crippen LogP contribution in [0.3, 0.4) is 0 Å². The first-order valence-corrected chi connectivity index (χ1v) is 13.1. The molecular weight excluding hydrogens is 500 g/mol. The van der Waals surface area contributed by atoms with Crippen LogP contribution in [0, 0.1) is 0 Å². The minimum Gasteiger partial charge on any atom is -0.507 e. The van der Waals surface area contributed by atoms with Gasteiger partial charge in [0.2, 0.25) is 0 Å². The molecule has 3 aromatic carbocycles. The number of aromatic nitrogens is 1. The Morgan fingerprint density at radius 2 is 1.95 bits per heavy atom. The highest BCUT2D eigenvalue weighted by Gasteiger charge is 2.48. The van der Waals surface area contributed by atoms with E-state index in [0.717, 1.165) is 16.9 Å². The normalized spacial score (nSPS) is 19.9. The van der Waals surface area contributed by atoms with Crippen LogP contribution in [0.1, 0.15) is 35.2 Å². The molecule has 1 N–H and O–H groups in total. The lowest BCUT2D eigenvalue weighted by Gasteiger charge is -2.23. The first-order chi connectivity index (χ1) is 18.5. The summed E-state index contributed by atoms with van der Waals surface area (Å²) in [6, 6.07) is 21.5. The molecule has 1 amide bonds. The van der Waals surface area contributed by atoms with Crippen LogP contribution in [0.4, 0.5) is 5.13 Å². The molecule has 38 heavy (non-hydrogen) atoms. The first-order valence-electron chi connectivity index (χ1n) is 12.3. The Kier molecular flexibility index (Phi) is 6.17. The van der Waals surface area contributed by atoms with Crippen LogP contribution in [0.15, 0.2) is 89.9 Å². The summed E-state index contributed by atoms with van der Waals surface area (Å²) in [5, 5.41) is 13.6. The van der Waals surface area contributed by atoms with Gasteiger partial charge in [-0.2, -0.15) is 0 Å². The lowest BCUT2D eigenvalue weighted by molar-refractivity contribution is -0.132. The van der Waals surface area contributed by atoms with E-state index in [1.165, 1.54) is 16.2 Å². The van der Waals surface area contributed by atoms with Crippen LogP contribution in [0.2, 0.25) is 0 Å². The maximum Gasteiger partial charge on any atom is 0.301 e. The van der Waals surface area contributed by atoms with Crippen LogP contribution in [-0.2, 0) is 22.6 Å². The highest BCUT2D eigenvalue weighted by molar-refractivity contribution is 7.14. The number of carbonyl (C=O) groups is 2. The number of carbonyl (C=O) groups excluding carboxylic acids is 2. The number of ether oxygens (including phenoxy) is 2. The molecule has 0 radical (unpaired) electrons. The highest BCUT2D eigenvalue weighted by atomic mass is 32.1. The number of fused-ring (bicyclic) bond motifs is 1. The standard InChI is InChI=1S/C30H24N2O5S/c1-18-14-22-15-21(10-11-24(22)37-18)27(33)25-26(32(29(35)28(25)34)30-31-12-13-38-30)20-8-5-9-23(16-20)36-17-19-6-3-2-4-7-19/h2-13,15-16,18,26,33H,14,17H2,1H3/b27-25+/t18-,26+/m1/s1. The number of anilines is 1. The van der Waals surface area contributed by atoms with Gasteiger partial charge in [0.05, 0.1) is 11.6 Å². The molecule has 7 nitrogen and oxygen atoms in total. The number of nitrogens with zero attached hydrogens (tertiary/aromatic N) is 2. The quantitative estimate of drug-likeness (QED) is 0.199. The Balaban J connectivity index is 1.42. The molecule has 2 atom stereocenters. The molecule has 0 saturated carbocycles. The Hall–Kier alpha value is -4.43. The smallest absolute Gasteiger partial charge is 0.301 e. The lowest BCUT2D eigenvalue weighted by atomic mass is 9.94. The van der Waals surface area contributed by atoms with Gasteiger partial charge in [-0.25, -0.2) is 4.98 Å². The van der Waals surface area contributed by atoms with Crippen molar-refractivity contribution in [3.63, 3.8) is 0 Å². The van der Waals surface area contributed by atoms with Crippen molar-refractivity contribution >= 4 is 33.9 Å². The van der Waals surface area contributed by atoms with Crippen LogP contribution < -0.4 is 14.4 Å². The van der Waals surface area contributed by atoms with Gasteiger partial charge in [-0.15, -0.1) is 11.3 Å². The van der Waals surface area contributed by atoms with Crippen LogP contribution >= 0.6 is 11.3 Å². The van der Waals surface area contributed by atoms with Gasteiger partial charge in [-0.3, -0.25) is 14.5 Å². The summed E-state index contributed by atoms with van der Waals surface area (Å²) in [4.78, 5) is 32.4. The number of Topliss-reactive ketones (excluding diaryl/α,β-unsaturated/α-hetero) is 1. The average molecular weight is 525 g/mol. The molecule has 0 spiro atoms. The zero-order valence-corrected chi connectivity index (χ0v) is 21.4. The number of amides is 1. The molecule has 3 heterocycles. The molecular formula is C30H24N2O5S. The topological polar surface area (TPSA) is 89.0 Å². The number of hydrogen-bond donors (Lipinski definition) is 1. The molecule has 1 aromatic heterocycles. The molecule has 2 aliphatic heterocycles. The highest BCUT2D eigenvalue weighted by Crippen LogP contribution is 2.44. The summed E-state index contributed by atoms with van der Waals surface area (Å²) in [7, 11) is 0. The van der Waals surface area contributed by atoms with Gasteiger partial charge in [-0.05, 0) is 53.9 Å². The summed E-state index contributed by atoms with van der Waals surface area (Å²) in [6.45, 7) is 2.35. The molecule has 190 valence electrons. The van der Waals surface area contributed by atoms with Gasteiger partial charge in [-0.1, -0.05) is 42.5 Å². The van der Waals surface area contributed by atoms with Crippen LogP contribution in [-0.4, -0.2) is 27.9 Å². The second kappa shape index (κ2) is 9.79. The average Bonchev–Trinajstić information content (AvgIpc) is 3.65. The molecule has 6 rings (SSSR count). The van der Waals surface area contributed by atoms with E-state index in [2.05, 4.69) is 4.98 Å².